The third-order valence-corrected chi connectivity index (χ3v) is 9.06. The molecule has 3 fully saturated rings. The van der Waals surface area contributed by atoms with Gasteiger partial charge in [0.2, 0.25) is 0 Å². The Bertz CT molecular complexity index is 700. The van der Waals surface area contributed by atoms with Crippen molar-refractivity contribution in [2.45, 2.75) is 78.0 Å². The Labute approximate surface area is 155 Å². The van der Waals surface area contributed by atoms with Crippen LogP contribution in [0.4, 0.5) is 4.39 Å². The van der Waals surface area contributed by atoms with Crippen molar-refractivity contribution in [1.29, 1.82) is 0 Å². The Balaban J connectivity index is 1.76. The highest BCUT2D eigenvalue weighted by atomic mass is 19.1. The van der Waals surface area contributed by atoms with E-state index in [1.54, 1.807) is 6.08 Å². The Morgan fingerprint density at radius 1 is 1.23 bits per heavy atom. The summed E-state index contributed by atoms with van der Waals surface area (Å²) in [5.41, 5.74) is -1.31. The summed E-state index contributed by atoms with van der Waals surface area (Å²) in [4.78, 5) is 24.3. The van der Waals surface area contributed by atoms with Gasteiger partial charge in [0.05, 0.1) is 0 Å². The molecular formula is C22H31FO3. The van der Waals surface area contributed by atoms with Crippen LogP contribution in [0.15, 0.2) is 11.6 Å². The first-order chi connectivity index (χ1) is 12.1. The molecule has 4 rings (SSSR count). The fourth-order valence-electron chi connectivity index (χ4n) is 7.65. The SMILES string of the molecule is CC(=O)[C@@]1(O)[C@H](C)C[C@H]2[C@@H]3C[C@H](F)C4=CC(=O)CC[C@]4(C)[C@H]3CC[C@@]21C. The van der Waals surface area contributed by atoms with E-state index in [1.807, 2.05) is 6.92 Å². The Morgan fingerprint density at radius 2 is 1.92 bits per heavy atom. The number of fused-ring (bicyclic) bond motifs is 5. The second kappa shape index (κ2) is 5.50. The topological polar surface area (TPSA) is 54.4 Å². The van der Waals surface area contributed by atoms with Gasteiger partial charge in [0.1, 0.15) is 11.8 Å². The second-order valence-electron chi connectivity index (χ2n) is 9.98. The van der Waals surface area contributed by atoms with Crippen molar-refractivity contribution in [2.24, 2.45) is 34.5 Å². The van der Waals surface area contributed by atoms with Gasteiger partial charge >= 0.3 is 0 Å². The number of aliphatic hydroxyl groups is 1. The number of Topliss-reactive ketones (excluding diaryl/α,β-unsaturated/α-hetero) is 1. The lowest BCUT2D eigenvalue weighted by Gasteiger charge is -2.59. The minimum absolute atomic E-state index is 0.0552. The van der Waals surface area contributed by atoms with Crippen LogP contribution in [0.25, 0.3) is 0 Å². The van der Waals surface area contributed by atoms with Crippen molar-refractivity contribution in [1.82, 2.24) is 0 Å². The molecule has 0 radical (unpaired) electrons. The average Bonchev–Trinajstić information content (AvgIpc) is 2.78. The molecule has 0 aromatic carbocycles. The molecule has 3 saturated carbocycles. The maximum atomic E-state index is 15.2. The maximum Gasteiger partial charge on any atom is 0.162 e. The first-order valence-electron chi connectivity index (χ1n) is 10.2. The Morgan fingerprint density at radius 3 is 2.58 bits per heavy atom. The number of ketones is 2. The van der Waals surface area contributed by atoms with E-state index in [9.17, 15) is 14.7 Å². The van der Waals surface area contributed by atoms with Gasteiger partial charge in [0.25, 0.3) is 0 Å². The molecular weight excluding hydrogens is 331 g/mol. The van der Waals surface area contributed by atoms with Gasteiger partial charge in [0.15, 0.2) is 11.6 Å². The van der Waals surface area contributed by atoms with E-state index < -0.39 is 17.2 Å². The van der Waals surface area contributed by atoms with Gasteiger partial charge in [-0.15, -0.1) is 0 Å². The van der Waals surface area contributed by atoms with Crippen LogP contribution in [-0.2, 0) is 9.59 Å². The molecule has 0 amide bonds. The van der Waals surface area contributed by atoms with E-state index >= 15 is 4.39 Å². The van der Waals surface area contributed by atoms with Crippen molar-refractivity contribution >= 4 is 11.6 Å². The smallest absolute Gasteiger partial charge is 0.162 e. The fraction of sp³-hybridized carbons (Fsp3) is 0.818. The highest BCUT2D eigenvalue weighted by Gasteiger charge is 2.68. The van der Waals surface area contributed by atoms with Crippen LogP contribution in [0.3, 0.4) is 0 Å². The number of allylic oxidation sites excluding steroid dienone is 1. The van der Waals surface area contributed by atoms with Crippen LogP contribution in [0.2, 0.25) is 0 Å². The third-order valence-electron chi connectivity index (χ3n) is 9.06. The summed E-state index contributed by atoms with van der Waals surface area (Å²) in [6, 6.07) is 0. The second-order valence-corrected chi connectivity index (χ2v) is 9.98. The standard InChI is InChI=1S/C22H31FO3/c1-12-9-17-15-11-19(23)18-10-14(25)5-7-20(18,3)16(15)6-8-21(17,4)22(12,26)13(2)24/h10,12,15-17,19,26H,5-9,11H2,1-4H3/t12-,15-,16+,17+,19+,20-,21+,22+/m1/s1. The summed E-state index contributed by atoms with van der Waals surface area (Å²) in [6.45, 7) is 7.68. The van der Waals surface area contributed by atoms with Crippen LogP contribution in [0.5, 0.6) is 0 Å². The number of carbonyl (C=O) groups is 2. The maximum absolute atomic E-state index is 15.2. The molecule has 0 saturated heterocycles. The minimum Gasteiger partial charge on any atom is -0.381 e. The van der Waals surface area contributed by atoms with Gasteiger partial charge in [-0.25, -0.2) is 4.39 Å². The first-order valence-corrected chi connectivity index (χ1v) is 10.2. The van der Waals surface area contributed by atoms with Gasteiger partial charge in [-0.1, -0.05) is 20.8 Å². The molecule has 4 aliphatic rings. The molecule has 0 aromatic heterocycles. The highest BCUT2D eigenvalue weighted by Crippen LogP contribution is 2.68. The van der Waals surface area contributed by atoms with E-state index in [2.05, 4.69) is 13.8 Å². The van der Waals surface area contributed by atoms with E-state index in [0.29, 0.717) is 24.3 Å². The molecule has 0 aromatic rings. The molecule has 0 bridgehead atoms. The van der Waals surface area contributed by atoms with Crippen molar-refractivity contribution in [2.75, 3.05) is 0 Å². The third kappa shape index (κ3) is 2.03. The molecule has 0 aliphatic heterocycles. The zero-order chi connectivity index (χ0) is 19.1. The molecule has 4 heteroatoms. The summed E-state index contributed by atoms with van der Waals surface area (Å²) >= 11 is 0. The van der Waals surface area contributed by atoms with E-state index in [1.165, 1.54) is 6.92 Å². The van der Waals surface area contributed by atoms with Gasteiger partial charge < -0.3 is 5.11 Å². The van der Waals surface area contributed by atoms with Crippen molar-refractivity contribution in [3.05, 3.63) is 11.6 Å². The van der Waals surface area contributed by atoms with Crippen LogP contribution in [0.1, 0.15) is 66.2 Å². The summed E-state index contributed by atoms with van der Waals surface area (Å²) in [5.74, 6) is 0.503. The van der Waals surface area contributed by atoms with Crippen LogP contribution < -0.4 is 0 Å². The first kappa shape index (κ1) is 18.3. The zero-order valence-electron chi connectivity index (χ0n) is 16.3. The van der Waals surface area contributed by atoms with Crippen LogP contribution in [-0.4, -0.2) is 28.4 Å². The number of hydrogen-bond acceptors (Lipinski definition) is 3. The summed E-state index contributed by atoms with van der Waals surface area (Å²) in [6.07, 6.45) is 4.66. The molecule has 0 unspecified atom stereocenters. The highest BCUT2D eigenvalue weighted by molar-refractivity contribution is 5.92. The molecule has 8 atom stereocenters. The average molecular weight is 362 g/mol. The molecule has 26 heavy (non-hydrogen) atoms. The molecule has 0 spiro atoms. The summed E-state index contributed by atoms with van der Waals surface area (Å²) in [7, 11) is 0. The fourth-order valence-corrected chi connectivity index (χ4v) is 7.65. The minimum atomic E-state index is -1.30. The molecule has 3 nitrogen and oxygen atoms in total. The van der Waals surface area contributed by atoms with E-state index in [0.717, 1.165) is 25.7 Å². The quantitative estimate of drug-likeness (QED) is 0.766. The normalized spacial score (nSPS) is 53.4. The van der Waals surface area contributed by atoms with E-state index in [4.69, 9.17) is 0 Å². The van der Waals surface area contributed by atoms with Gasteiger partial charge in [-0.2, -0.15) is 0 Å². The predicted molar refractivity (Wildman–Crippen MR) is 97.2 cm³/mol. The zero-order valence-corrected chi connectivity index (χ0v) is 16.3. The predicted octanol–water partition coefficient (Wildman–Crippen LogP) is 4.03. The number of alkyl halides is 1. The van der Waals surface area contributed by atoms with Crippen LogP contribution in [0, 0.1) is 34.5 Å². The number of hydrogen-bond donors (Lipinski definition) is 1. The number of halogens is 1. The van der Waals surface area contributed by atoms with Gasteiger partial charge in [0, 0.05) is 11.8 Å². The lowest BCUT2D eigenvalue weighted by molar-refractivity contribution is -0.167. The van der Waals surface area contributed by atoms with Crippen LogP contribution >= 0.6 is 0 Å². The monoisotopic (exact) mass is 362 g/mol. The molecule has 144 valence electrons. The Kier molecular flexibility index (Phi) is 3.88. The molecule has 0 heterocycles. The lowest BCUT2D eigenvalue weighted by Crippen LogP contribution is -2.59. The van der Waals surface area contributed by atoms with Crippen molar-refractivity contribution in [3.8, 4) is 0 Å². The molecule has 4 aliphatic carbocycles. The van der Waals surface area contributed by atoms with Crippen molar-refractivity contribution < 1.29 is 19.1 Å². The van der Waals surface area contributed by atoms with E-state index in [-0.39, 0.29) is 34.7 Å². The summed E-state index contributed by atoms with van der Waals surface area (Å²) in [5, 5.41) is 11.4. The van der Waals surface area contributed by atoms with Gasteiger partial charge in [-0.05, 0) is 79.8 Å². The largest absolute Gasteiger partial charge is 0.381 e. The number of carbonyl (C=O) groups excluding carboxylic acids is 2. The summed E-state index contributed by atoms with van der Waals surface area (Å²) < 4.78 is 15.2. The van der Waals surface area contributed by atoms with Gasteiger partial charge in [-0.3, -0.25) is 9.59 Å². The lowest BCUT2D eigenvalue weighted by atomic mass is 9.46. The van der Waals surface area contributed by atoms with Crippen molar-refractivity contribution in [3.63, 3.8) is 0 Å². The molecule has 1 N–H and O–H groups in total. The Hall–Kier alpha value is -1.03. The number of rotatable bonds is 1.